The van der Waals surface area contributed by atoms with E-state index in [0.717, 1.165) is 11.1 Å². The summed E-state index contributed by atoms with van der Waals surface area (Å²) in [5.74, 6) is 0.257. The molecule has 0 aliphatic heterocycles. The Morgan fingerprint density at radius 3 is 2.75 bits per heavy atom. The largest absolute Gasteiger partial charge is 0.299 e. The van der Waals surface area contributed by atoms with Crippen LogP contribution in [0, 0.1) is 6.57 Å². The van der Waals surface area contributed by atoms with Gasteiger partial charge in [0, 0.05) is 12.8 Å². The molecule has 0 aromatic heterocycles. The number of nitrogens with zero attached hydrogens (tertiary/aromatic N) is 1. The van der Waals surface area contributed by atoms with Crippen molar-refractivity contribution >= 4 is 11.5 Å². The van der Waals surface area contributed by atoms with Gasteiger partial charge in [0.1, 0.15) is 5.78 Å². The molecule has 0 amide bonds. The first-order chi connectivity index (χ1) is 5.79. The van der Waals surface area contributed by atoms with E-state index in [0.29, 0.717) is 18.5 Å². The number of Topliss-reactive ketones (excluding diaryl/α,β-unsaturated/α-hetero) is 1. The normalized spacial score (nSPS) is 14.1. The van der Waals surface area contributed by atoms with Crippen molar-refractivity contribution in [3.8, 4) is 0 Å². The van der Waals surface area contributed by atoms with Crippen LogP contribution in [0.25, 0.3) is 4.85 Å². The van der Waals surface area contributed by atoms with Crippen LogP contribution < -0.4 is 0 Å². The van der Waals surface area contributed by atoms with Gasteiger partial charge in [-0.15, -0.1) is 0 Å². The number of benzene rings is 1. The predicted octanol–water partition coefficient (Wildman–Crippen LogP) is 1.91. The maximum absolute atomic E-state index is 11.0. The van der Waals surface area contributed by atoms with Crippen molar-refractivity contribution in [2.24, 2.45) is 0 Å². The monoisotopic (exact) mass is 157 g/mol. The SMILES string of the molecule is [C-]#[N+]c1ccc2c(c1)CC(=O)C2. The van der Waals surface area contributed by atoms with E-state index in [2.05, 4.69) is 4.85 Å². The summed E-state index contributed by atoms with van der Waals surface area (Å²) in [6.07, 6.45) is 1.06. The molecule has 0 unspecified atom stereocenters. The minimum absolute atomic E-state index is 0.257. The Hall–Kier alpha value is -1.62. The van der Waals surface area contributed by atoms with Gasteiger partial charge in [-0.05, 0) is 11.1 Å². The van der Waals surface area contributed by atoms with Gasteiger partial charge in [0.2, 0.25) is 0 Å². The highest BCUT2D eigenvalue weighted by Gasteiger charge is 2.17. The van der Waals surface area contributed by atoms with Crippen LogP contribution >= 0.6 is 0 Å². The van der Waals surface area contributed by atoms with Gasteiger partial charge in [-0.2, -0.15) is 0 Å². The molecule has 0 saturated heterocycles. The quantitative estimate of drug-likeness (QED) is 0.527. The molecule has 0 spiro atoms. The number of rotatable bonds is 0. The second kappa shape index (κ2) is 2.46. The van der Waals surface area contributed by atoms with Gasteiger partial charge in [-0.3, -0.25) is 4.79 Å². The lowest BCUT2D eigenvalue weighted by molar-refractivity contribution is -0.117. The zero-order chi connectivity index (χ0) is 8.55. The Balaban J connectivity index is 2.50. The smallest absolute Gasteiger partial charge is 0.187 e. The fourth-order valence-electron chi connectivity index (χ4n) is 1.51. The third-order valence-corrected chi connectivity index (χ3v) is 2.09. The number of hydrogen-bond acceptors (Lipinski definition) is 1. The first kappa shape index (κ1) is 7.05. The van der Waals surface area contributed by atoms with Crippen molar-refractivity contribution in [1.29, 1.82) is 0 Å². The summed E-state index contributed by atoms with van der Waals surface area (Å²) in [5.41, 5.74) is 2.75. The highest BCUT2D eigenvalue weighted by molar-refractivity contribution is 5.88. The first-order valence-electron chi connectivity index (χ1n) is 3.80. The molecule has 0 radical (unpaired) electrons. The third-order valence-electron chi connectivity index (χ3n) is 2.09. The summed E-state index contributed by atoms with van der Waals surface area (Å²) in [6, 6.07) is 5.46. The Labute approximate surface area is 70.6 Å². The molecular weight excluding hydrogens is 150 g/mol. The Kier molecular flexibility index (Phi) is 1.44. The summed E-state index contributed by atoms with van der Waals surface area (Å²) >= 11 is 0. The van der Waals surface area contributed by atoms with E-state index >= 15 is 0 Å². The zero-order valence-electron chi connectivity index (χ0n) is 6.50. The first-order valence-corrected chi connectivity index (χ1v) is 3.80. The van der Waals surface area contributed by atoms with Crippen LogP contribution in [0.4, 0.5) is 5.69 Å². The third kappa shape index (κ3) is 0.998. The number of fused-ring (bicyclic) bond motifs is 1. The number of carbonyl (C=O) groups is 1. The number of ketones is 1. The Bertz CT molecular complexity index is 387. The molecule has 12 heavy (non-hydrogen) atoms. The summed E-state index contributed by atoms with van der Waals surface area (Å²) < 4.78 is 0. The molecule has 0 bridgehead atoms. The topological polar surface area (TPSA) is 21.4 Å². The lowest BCUT2D eigenvalue weighted by atomic mass is 10.1. The van der Waals surface area contributed by atoms with Crippen LogP contribution in [0.3, 0.4) is 0 Å². The van der Waals surface area contributed by atoms with Crippen molar-refractivity contribution in [3.63, 3.8) is 0 Å². The van der Waals surface area contributed by atoms with Gasteiger partial charge in [-0.25, -0.2) is 4.85 Å². The van der Waals surface area contributed by atoms with Gasteiger partial charge in [0.25, 0.3) is 0 Å². The zero-order valence-corrected chi connectivity index (χ0v) is 6.50. The van der Waals surface area contributed by atoms with Gasteiger partial charge in [-0.1, -0.05) is 18.2 Å². The van der Waals surface area contributed by atoms with Crippen LogP contribution in [0.2, 0.25) is 0 Å². The van der Waals surface area contributed by atoms with Crippen LogP contribution in [-0.4, -0.2) is 5.78 Å². The van der Waals surface area contributed by atoms with Crippen molar-refractivity contribution in [2.75, 3.05) is 0 Å². The van der Waals surface area contributed by atoms with E-state index in [4.69, 9.17) is 6.57 Å². The molecule has 0 N–H and O–H groups in total. The second-order valence-electron chi connectivity index (χ2n) is 2.96. The standard InChI is InChI=1S/C10H7NO/c1-11-9-3-2-7-5-10(12)6-8(7)4-9/h2-4H,5-6H2. The molecule has 58 valence electrons. The average molecular weight is 157 g/mol. The van der Waals surface area contributed by atoms with E-state index in [1.54, 1.807) is 6.07 Å². The van der Waals surface area contributed by atoms with E-state index in [-0.39, 0.29) is 5.78 Å². The predicted molar refractivity (Wildman–Crippen MR) is 45.1 cm³/mol. The van der Waals surface area contributed by atoms with Crippen molar-refractivity contribution in [3.05, 3.63) is 40.7 Å². The van der Waals surface area contributed by atoms with E-state index in [1.807, 2.05) is 12.1 Å². The molecular formula is C10H7NO. The fourth-order valence-corrected chi connectivity index (χ4v) is 1.51. The molecule has 2 rings (SSSR count). The van der Waals surface area contributed by atoms with Gasteiger partial charge < -0.3 is 0 Å². The summed E-state index contributed by atoms with van der Waals surface area (Å²) in [5, 5.41) is 0. The van der Waals surface area contributed by atoms with Crippen molar-refractivity contribution in [1.82, 2.24) is 0 Å². The lowest BCUT2D eigenvalue weighted by Crippen LogP contribution is -1.92. The van der Waals surface area contributed by atoms with Crippen LogP contribution in [-0.2, 0) is 17.6 Å². The van der Waals surface area contributed by atoms with Gasteiger partial charge in [0.05, 0.1) is 6.57 Å². The maximum Gasteiger partial charge on any atom is 0.187 e. The van der Waals surface area contributed by atoms with E-state index < -0.39 is 0 Å². The number of carbonyl (C=O) groups excluding carboxylic acids is 1. The molecule has 2 heteroatoms. The van der Waals surface area contributed by atoms with Crippen molar-refractivity contribution < 1.29 is 4.79 Å². The number of hydrogen-bond donors (Lipinski definition) is 0. The Morgan fingerprint density at radius 1 is 1.25 bits per heavy atom. The van der Waals surface area contributed by atoms with Gasteiger partial charge >= 0.3 is 0 Å². The molecule has 1 aliphatic carbocycles. The fraction of sp³-hybridized carbons (Fsp3) is 0.200. The minimum Gasteiger partial charge on any atom is -0.299 e. The van der Waals surface area contributed by atoms with Crippen LogP contribution in [0.1, 0.15) is 11.1 Å². The highest BCUT2D eigenvalue weighted by atomic mass is 16.1. The molecule has 0 fully saturated rings. The van der Waals surface area contributed by atoms with E-state index in [1.165, 1.54) is 0 Å². The Morgan fingerprint density at radius 2 is 2.00 bits per heavy atom. The molecule has 1 aromatic rings. The minimum atomic E-state index is 0.257. The molecule has 2 nitrogen and oxygen atoms in total. The molecule has 1 aliphatic rings. The van der Waals surface area contributed by atoms with Gasteiger partial charge in [0.15, 0.2) is 5.69 Å². The summed E-state index contributed by atoms with van der Waals surface area (Å²) in [7, 11) is 0. The molecule has 0 atom stereocenters. The summed E-state index contributed by atoms with van der Waals surface area (Å²) in [6.45, 7) is 6.80. The highest BCUT2D eigenvalue weighted by Crippen LogP contribution is 2.24. The van der Waals surface area contributed by atoms with Crippen LogP contribution in [0.5, 0.6) is 0 Å². The van der Waals surface area contributed by atoms with E-state index in [9.17, 15) is 4.79 Å². The molecule has 0 saturated carbocycles. The van der Waals surface area contributed by atoms with Crippen LogP contribution in [0.15, 0.2) is 18.2 Å². The summed E-state index contributed by atoms with van der Waals surface area (Å²) in [4.78, 5) is 14.3. The average Bonchev–Trinajstić information content (AvgIpc) is 2.43. The second-order valence-corrected chi connectivity index (χ2v) is 2.96. The molecule has 0 heterocycles. The lowest BCUT2D eigenvalue weighted by Gasteiger charge is -1.95. The maximum atomic E-state index is 11.0. The molecule has 1 aromatic carbocycles. The van der Waals surface area contributed by atoms with Crippen molar-refractivity contribution in [2.45, 2.75) is 12.8 Å².